The van der Waals surface area contributed by atoms with Crippen LogP contribution in [0.25, 0.3) is 0 Å². The maximum absolute atomic E-state index is 2.42. The Balaban J connectivity index is 3.64. The second-order valence-electron chi connectivity index (χ2n) is 4.87. The summed E-state index contributed by atoms with van der Waals surface area (Å²) in [5.74, 6) is 2.77. The van der Waals surface area contributed by atoms with Crippen LogP contribution < -0.4 is 0 Å². The lowest BCUT2D eigenvalue weighted by atomic mass is 9.84. The quantitative estimate of drug-likeness (QED) is 0.528. The van der Waals surface area contributed by atoms with E-state index < -0.39 is 0 Å². The minimum atomic E-state index is 0.918. The van der Waals surface area contributed by atoms with Gasteiger partial charge >= 0.3 is 0 Å². The minimum absolute atomic E-state index is 0.918. The smallest absolute Gasteiger partial charge is 0.0414 e. The Labute approximate surface area is 85.1 Å². The van der Waals surface area contributed by atoms with E-state index in [1.165, 1.54) is 32.1 Å². The average Bonchev–Trinajstić information content (AvgIpc) is 2.05. The molecule has 0 aromatic heterocycles. The predicted octanol–water partition coefficient (Wildman–Crippen LogP) is 4.89. The normalized spacial score (nSPS) is 18.2. The third kappa shape index (κ3) is 6.12. The van der Waals surface area contributed by atoms with E-state index in [1.807, 2.05) is 0 Å². The minimum Gasteiger partial charge on any atom is -0.0654 e. The molecule has 0 spiro atoms. The Hall–Kier alpha value is 0. The summed E-state index contributed by atoms with van der Waals surface area (Å²) >= 11 is 0. The fraction of sp³-hybridized carbons (Fsp3) is 1.00. The SMILES string of the molecule is CCC[C@@H](C)C[C@H](C)[C@H](C)CCC. The van der Waals surface area contributed by atoms with Crippen LogP contribution in [0.5, 0.6) is 0 Å². The molecule has 0 fully saturated rings. The van der Waals surface area contributed by atoms with Crippen LogP contribution >= 0.6 is 0 Å². The molecule has 0 aliphatic carbocycles. The van der Waals surface area contributed by atoms with E-state index in [0.717, 1.165) is 17.8 Å². The van der Waals surface area contributed by atoms with Crippen LogP contribution in [0.3, 0.4) is 0 Å². The van der Waals surface area contributed by atoms with Crippen LogP contribution in [0.15, 0.2) is 0 Å². The Bertz CT molecular complexity index is 107. The van der Waals surface area contributed by atoms with Crippen molar-refractivity contribution >= 4 is 0 Å². The molecular weight excluding hydrogens is 156 g/mol. The largest absolute Gasteiger partial charge is 0.0654 e. The zero-order chi connectivity index (χ0) is 10.3. The third-order valence-electron chi connectivity index (χ3n) is 3.27. The number of hydrogen-bond acceptors (Lipinski definition) is 0. The first-order valence-electron chi connectivity index (χ1n) is 6.11. The molecule has 80 valence electrons. The first-order valence-corrected chi connectivity index (χ1v) is 6.11. The van der Waals surface area contributed by atoms with Gasteiger partial charge < -0.3 is 0 Å². The molecule has 0 aromatic rings. The zero-order valence-corrected chi connectivity index (χ0v) is 10.3. The number of hydrogen-bond donors (Lipinski definition) is 0. The lowest BCUT2D eigenvalue weighted by Gasteiger charge is -2.22. The molecule has 0 saturated carbocycles. The fourth-order valence-electron chi connectivity index (χ4n) is 2.22. The van der Waals surface area contributed by atoms with Gasteiger partial charge in [-0.25, -0.2) is 0 Å². The molecule has 0 aliphatic rings. The van der Waals surface area contributed by atoms with Gasteiger partial charge in [-0.15, -0.1) is 0 Å². The molecule has 3 atom stereocenters. The van der Waals surface area contributed by atoms with E-state index in [2.05, 4.69) is 34.6 Å². The van der Waals surface area contributed by atoms with Crippen molar-refractivity contribution in [2.24, 2.45) is 17.8 Å². The van der Waals surface area contributed by atoms with Crippen molar-refractivity contribution in [3.63, 3.8) is 0 Å². The molecular formula is C13H28. The second-order valence-corrected chi connectivity index (χ2v) is 4.87. The molecule has 0 bridgehead atoms. The number of rotatable bonds is 7. The van der Waals surface area contributed by atoms with Gasteiger partial charge in [-0.2, -0.15) is 0 Å². The highest BCUT2D eigenvalue weighted by atomic mass is 14.2. The summed E-state index contributed by atoms with van der Waals surface area (Å²) in [6.45, 7) is 11.8. The standard InChI is InChI=1S/C13H28/c1-6-8-11(3)10-13(5)12(4)9-7-2/h11-13H,6-10H2,1-5H3/t11-,12-,13+/m1/s1. The van der Waals surface area contributed by atoms with Crippen molar-refractivity contribution in [2.45, 2.75) is 66.7 Å². The van der Waals surface area contributed by atoms with Crippen molar-refractivity contribution in [2.75, 3.05) is 0 Å². The molecule has 13 heavy (non-hydrogen) atoms. The Morgan fingerprint density at radius 1 is 0.769 bits per heavy atom. The van der Waals surface area contributed by atoms with Gasteiger partial charge in [0.1, 0.15) is 0 Å². The first-order chi connectivity index (χ1) is 6.11. The fourth-order valence-corrected chi connectivity index (χ4v) is 2.22. The van der Waals surface area contributed by atoms with E-state index in [4.69, 9.17) is 0 Å². The van der Waals surface area contributed by atoms with Gasteiger partial charge in [0, 0.05) is 0 Å². The van der Waals surface area contributed by atoms with E-state index in [9.17, 15) is 0 Å². The van der Waals surface area contributed by atoms with Gasteiger partial charge in [0.15, 0.2) is 0 Å². The van der Waals surface area contributed by atoms with Crippen molar-refractivity contribution in [1.29, 1.82) is 0 Å². The van der Waals surface area contributed by atoms with Crippen molar-refractivity contribution in [3.05, 3.63) is 0 Å². The molecule has 0 saturated heterocycles. The molecule has 0 aliphatic heterocycles. The molecule has 0 aromatic carbocycles. The van der Waals surface area contributed by atoms with Gasteiger partial charge in [0.05, 0.1) is 0 Å². The lowest BCUT2D eigenvalue weighted by Crippen LogP contribution is -2.11. The molecule has 0 amide bonds. The summed E-state index contributed by atoms with van der Waals surface area (Å²) < 4.78 is 0. The highest BCUT2D eigenvalue weighted by Gasteiger charge is 2.14. The van der Waals surface area contributed by atoms with Crippen LogP contribution in [-0.4, -0.2) is 0 Å². The van der Waals surface area contributed by atoms with Gasteiger partial charge in [0.2, 0.25) is 0 Å². The summed E-state index contributed by atoms with van der Waals surface area (Å²) in [4.78, 5) is 0. The van der Waals surface area contributed by atoms with Crippen LogP contribution in [-0.2, 0) is 0 Å². The van der Waals surface area contributed by atoms with Gasteiger partial charge in [0.25, 0.3) is 0 Å². The highest BCUT2D eigenvalue weighted by Crippen LogP contribution is 2.25. The van der Waals surface area contributed by atoms with E-state index in [-0.39, 0.29) is 0 Å². The maximum Gasteiger partial charge on any atom is -0.0414 e. The van der Waals surface area contributed by atoms with Crippen molar-refractivity contribution in [3.8, 4) is 0 Å². The Morgan fingerprint density at radius 2 is 1.31 bits per heavy atom. The van der Waals surface area contributed by atoms with E-state index in [0.29, 0.717) is 0 Å². The third-order valence-corrected chi connectivity index (χ3v) is 3.27. The van der Waals surface area contributed by atoms with Crippen LogP contribution in [0.1, 0.15) is 66.7 Å². The highest BCUT2D eigenvalue weighted by molar-refractivity contribution is 4.65. The molecule has 0 heteroatoms. The average molecular weight is 184 g/mol. The summed E-state index contributed by atoms with van der Waals surface area (Å²) in [7, 11) is 0. The van der Waals surface area contributed by atoms with Crippen LogP contribution in [0.2, 0.25) is 0 Å². The van der Waals surface area contributed by atoms with Gasteiger partial charge in [-0.1, -0.05) is 60.3 Å². The van der Waals surface area contributed by atoms with Gasteiger partial charge in [-0.3, -0.25) is 0 Å². The summed E-state index contributed by atoms with van der Waals surface area (Å²) in [6.07, 6.45) is 6.92. The molecule has 0 radical (unpaired) electrons. The zero-order valence-electron chi connectivity index (χ0n) is 10.3. The lowest BCUT2D eigenvalue weighted by molar-refractivity contribution is 0.289. The van der Waals surface area contributed by atoms with Crippen LogP contribution in [0, 0.1) is 17.8 Å². The van der Waals surface area contributed by atoms with Crippen molar-refractivity contribution < 1.29 is 0 Å². The second kappa shape index (κ2) is 7.41. The van der Waals surface area contributed by atoms with Crippen LogP contribution in [0.4, 0.5) is 0 Å². The first kappa shape index (κ1) is 13.0. The van der Waals surface area contributed by atoms with E-state index in [1.54, 1.807) is 0 Å². The molecule has 0 N–H and O–H groups in total. The monoisotopic (exact) mass is 184 g/mol. The van der Waals surface area contributed by atoms with Gasteiger partial charge in [-0.05, 0) is 24.2 Å². The maximum atomic E-state index is 2.42. The summed E-state index contributed by atoms with van der Waals surface area (Å²) in [5.41, 5.74) is 0. The Kier molecular flexibility index (Phi) is 7.41. The molecule has 0 heterocycles. The predicted molar refractivity (Wildman–Crippen MR) is 61.9 cm³/mol. The Morgan fingerprint density at radius 3 is 1.77 bits per heavy atom. The molecule has 0 unspecified atom stereocenters. The molecule has 0 nitrogen and oxygen atoms in total. The topological polar surface area (TPSA) is 0 Å². The summed E-state index contributed by atoms with van der Waals surface area (Å²) in [5, 5.41) is 0. The van der Waals surface area contributed by atoms with E-state index >= 15 is 0 Å². The summed E-state index contributed by atoms with van der Waals surface area (Å²) in [6, 6.07) is 0. The van der Waals surface area contributed by atoms with Crippen molar-refractivity contribution in [1.82, 2.24) is 0 Å². The molecule has 0 rings (SSSR count).